The molecule has 40 heavy (non-hydrogen) atoms. The number of aromatic nitrogens is 4. The van der Waals surface area contributed by atoms with Gasteiger partial charge in [0.05, 0.1) is 12.4 Å². The number of anilines is 2. The number of benzene rings is 1. The molecule has 13 nitrogen and oxygen atoms in total. The Balaban J connectivity index is 1.40. The molecule has 0 bridgehead atoms. The van der Waals surface area contributed by atoms with E-state index in [1.54, 1.807) is 58.2 Å². The molecule has 1 aliphatic carbocycles. The number of aliphatic hydroxyl groups is 1. The van der Waals surface area contributed by atoms with Gasteiger partial charge in [-0.1, -0.05) is 18.2 Å². The molecule has 7 atom stereocenters. The van der Waals surface area contributed by atoms with Gasteiger partial charge in [0.2, 0.25) is 5.95 Å². The Morgan fingerprint density at radius 3 is 2.60 bits per heavy atom. The Hall–Kier alpha value is -2.94. The van der Waals surface area contributed by atoms with Crippen molar-refractivity contribution in [3.8, 4) is 5.75 Å². The third-order valence-corrected chi connectivity index (χ3v) is 9.22. The van der Waals surface area contributed by atoms with Gasteiger partial charge in [0.15, 0.2) is 34.5 Å². The predicted octanol–water partition coefficient (Wildman–Crippen LogP) is 2.44. The van der Waals surface area contributed by atoms with Gasteiger partial charge in [-0.25, -0.2) is 14.5 Å². The summed E-state index contributed by atoms with van der Waals surface area (Å²) >= 11 is 5.73. The second-order valence-corrected chi connectivity index (χ2v) is 13.2. The summed E-state index contributed by atoms with van der Waals surface area (Å²) in [7, 11) is 1.64. The summed E-state index contributed by atoms with van der Waals surface area (Å²) < 4.78 is 41.2. The highest BCUT2D eigenvalue weighted by atomic mass is 32.5. The topological polar surface area (TPSA) is 168 Å². The van der Waals surface area contributed by atoms with Gasteiger partial charge >= 0.3 is 12.6 Å². The van der Waals surface area contributed by atoms with Crippen LogP contribution in [0.3, 0.4) is 0 Å². The molecule has 2 aromatic heterocycles. The van der Waals surface area contributed by atoms with E-state index in [0.717, 1.165) is 0 Å². The summed E-state index contributed by atoms with van der Waals surface area (Å²) in [5, 5.41) is 17.3. The molecule has 2 aliphatic rings. The second kappa shape index (κ2) is 10.2. The van der Waals surface area contributed by atoms with Crippen LogP contribution < -0.4 is 20.7 Å². The Labute approximate surface area is 234 Å². The van der Waals surface area contributed by atoms with E-state index in [9.17, 15) is 9.90 Å². The smallest absolute Gasteiger partial charge is 0.323 e. The Kier molecular flexibility index (Phi) is 7.26. The molecule has 1 aromatic carbocycles. The highest BCUT2D eigenvalue weighted by Gasteiger charge is 2.85. The number of nitrogens with zero attached hydrogens (tertiary/aromatic N) is 4. The standard InChI is InChI=1S/C24H31FN7O6PS/c1-12(2)35-20(33)13(3)31-39(40,37-14-9-7-6-8-10-14)38-17-16-24(17,34)23(4,25)21(36-16)32-11-28-15-18(27-5)29-22(26)30-19(15)32/h6-13,16-17,21,34H,1-5H3,(H,31,40)(H3,26,27,29,30)/t13-,16+,17?,21+,23-,24-,39?/m0/s1. The van der Waals surface area contributed by atoms with Crippen LogP contribution in [0.4, 0.5) is 16.2 Å². The van der Waals surface area contributed by atoms with Crippen LogP contribution in [-0.4, -0.2) is 73.3 Å². The molecule has 1 saturated heterocycles. The molecule has 0 amide bonds. The summed E-state index contributed by atoms with van der Waals surface area (Å²) in [4.78, 5) is 25.1. The van der Waals surface area contributed by atoms with Crippen LogP contribution in [0.15, 0.2) is 36.7 Å². The Morgan fingerprint density at radius 1 is 1.30 bits per heavy atom. The molecule has 16 heteroatoms. The normalized spacial score (nSPS) is 29.6. The molecule has 2 fully saturated rings. The lowest BCUT2D eigenvalue weighted by atomic mass is 9.97. The molecule has 216 valence electrons. The third kappa shape index (κ3) is 4.80. The molecule has 3 heterocycles. The Morgan fingerprint density at radius 2 is 2.00 bits per heavy atom. The quantitative estimate of drug-likeness (QED) is 0.199. The molecule has 5 N–H and O–H groups in total. The van der Waals surface area contributed by atoms with Gasteiger partial charge in [-0.05, 0) is 51.6 Å². The van der Waals surface area contributed by atoms with Crippen molar-refractivity contribution in [3.05, 3.63) is 36.7 Å². The average Bonchev–Trinajstić information content (AvgIpc) is 3.14. The SMILES string of the molecule is CNc1nc(N)nc2c1ncn2[C@@H]1O[C@@H]2C(OP(=S)(N[C@@H](C)C(=O)OC(C)C)Oc3ccccc3)[C@]2(O)[C@@]1(C)F. The predicted molar refractivity (Wildman–Crippen MR) is 148 cm³/mol. The lowest BCUT2D eigenvalue weighted by Gasteiger charge is -2.33. The second-order valence-electron chi connectivity index (χ2n) is 10.1. The monoisotopic (exact) mass is 595 g/mol. The van der Waals surface area contributed by atoms with Crippen molar-refractivity contribution in [1.82, 2.24) is 24.6 Å². The molecule has 0 spiro atoms. The number of hydrogen-bond acceptors (Lipinski definition) is 12. The zero-order chi connectivity index (χ0) is 29.0. The van der Waals surface area contributed by atoms with E-state index in [2.05, 4.69) is 25.4 Å². The first-order valence-electron chi connectivity index (χ1n) is 12.6. The summed E-state index contributed by atoms with van der Waals surface area (Å²) in [5.74, 6) is 0.113. The summed E-state index contributed by atoms with van der Waals surface area (Å²) in [6.07, 6.45) is -2.62. The van der Waals surface area contributed by atoms with Gasteiger partial charge in [-0.2, -0.15) is 9.97 Å². The van der Waals surface area contributed by atoms with Crippen LogP contribution in [0.25, 0.3) is 11.2 Å². The molecular formula is C24H31FN7O6PS. The molecular weight excluding hydrogens is 564 g/mol. The van der Waals surface area contributed by atoms with Crippen LogP contribution in [-0.2, 0) is 30.6 Å². The summed E-state index contributed by atoms with van der Waals surface area (Å²) in [6.45, 7) is 2.63. The summed E-state index contributed by atoms with van der Waals surface area (Å²) in [5.41, 5.74) is 1.94. The molecule has 1 saturated carbocycles. The third-order valence-electron chi connectivity index (χ3n) is 6.76. The number of carbonyl (C=O) groups is 1. The first-order valence-corrected chi connectivity index (χ1v) is 15.2. The number of imidazole rings is 1. The molecule has 3 aromatic rings. The lowest BCUT2D eigenvalue weighted by Crippen LogP contribution is -2.45. The van der Waals surface area contributed by atoms with E-state index in [1.807, 2.05) is 0 Å². The van der Waals surface area contributed by atoms with Gasteiger partial charge in [0.25, 0.3) is 0 Å². The number of halogens is 1. The van der Waals surface area contributed by atoms with Gasteiger partial charge in [-0.15, -0.1) is 0 Å². The fraction of sp³-hybridized carbons (Fsp3) is 0.500. The lowest BCUT2D eigenvalue weighted by molar-refractivity contribution is -0.149. The first kappa shape index (κ1) is 28.6. The molecule has 5 rings (SSSR count). The maximum absolute atomic E-state index is 16.5. The number of rotatable bonds is 10. The van der Waals surface area contributed by atoms with E-state index < -0.39 is 48.4 Å². The molecule has 2 unspecified atom stereocenters. The highest BCUT2D eigenvalue weighted by Crippen LogP contribution is 2.66. The van der Waals surface area contributed by atoms with Crippen molar-refractivity contribution in [3.63, 3.8) is 0 Å². The van der Waals surface area contributed by atoms with Crippen LogP contribution in [0.2, 0.25) is 0 Å². The van der Waals surface area contributed by atoms with E-state index in [4.69, 9.17) is 36.1 Å². The zero-order valence-corrected chi connectivity index (χ0v) is 24.1. The number of para-hydroxylation sites is 1. The van der Waals surface area contributed by atoms with Crippen molar-refractivity contribution >= 4 is 47.3 Å². The fourth-order valence-corrected chi connectivity index (χ4v) is 7.44. The number of hydrogen-bond donors (Lipinski definition) is 4. The minimum atomic E-state index is -3.57. The average molecular weight is 596 g/mol. The number of ether oxygens (including phenoxy) is 2. The van der Waals surface area contributed by atoms with Gasteiger partial charge in [0, 0.05) is 7.05 Å². The van der Waals surface area contributed by atoms with Crippen molar-refractivity contribution in [1.29, 1.82) is 0 Å². The van der Waals surface area contributed by atoms with Crippen LogP contribution in [0.5, 0.6) is 5.75 Å². The number of carbonyl (C=O) groups excluding carboxylic acids is 1. The fourth-order valence-electron chi connectivity index (χ4n) is 4.72. The highest BCUT2D eigenvalue weighted by molar-refractivity contribution is 8.09. The van der Waals surface area contributed by atoms with Crippen molar-refractivity contribution in [2.75, 3.05) is 18.1 Å². The molecule has 1 aliphatic heterocycles. The van der Waals surface area contributed by atoms with E-state index >= 15 is 4.39 Å². The maximum atomic E-state index is 16.5. The molecule has 0 radical (unpaired) electrons. The minimum absolute atomic E-state index is 0.0443. The zero-order valence-electron chi connectivity index (χ0n) is 22.4. The van der Waals surface area contributed by atoms with E-state index in [0.29, 0.717) is 17.1 Å². The number of nitrogen functional groups attached to an aromatic ring is 1. The van der Waals surface area contributed by atoms with Crippen LogP contribution >= 0.6 is 6.64 Å². The number of fused-ring (bicyclic) bond motifs is 2. The number of nitrogens with one attached hydrogen (secondary N) is 2. The van der Waals surface area contributed by atoms with Crippen LogP contribution in [0.1, 0.15) is 33.9 Å². The number of alkyl halides is 1. The van der Waals surface area contributed by atoms with Crippen molar-refractivity contribution in [2.24, 2.45) is 0 Å². The van der Waals surface area contributed by atoms with E-state index in [-0.39, 0.29) is 17.7 Å². The van der Waals surface area contributed by atoms with Gasteiger partial charge < -0.3 is 30.2 Å². The number of nitrogens with two attached hydrogens (primary N) is 1. The Bertz CT molecular complexity index is 1480. The largest absolute Gasteiger partial charge is 0.462 e. The maximum Gasteiger partial charge on any atom is 0.323 e. The minimum Gasteiger partial charge on any atom is -0.462 e. The summed E-state index contributed by atoms with van der Waals surface area (Å²) in [6, 6.07) is 7.68. The number of esters is 1. The van der Waals surface area contributed by atoms with Gasteiger partial charge in [0.1, 0.15) is 24.0 Å². The van der Waals surface area contributed by atoms with Gasteiger partial charge in [-0.3, -0.25) is 13.9 Å². The first-order chi connectivity index (χ1) is 18.8. The van der Waals surface area contributed by atoms with Crippen molar-refractivity contribution < 1.29 is 32.8 Å². The van der Waals surface area contributed by atoms with Crippen LogP contribution in [0, 0.1) is 0 Å². The van der Waals surface area contributed by atoms with Crippen molar-refractivity contribution in [2.45, 2.75) is 69.5 Å². The van der Waals surface area contributed by atoms with E-state index in [1.165, 1.54) is 17.8 Å².